The van der Waals surface area contributed by atoms with Crippen LogP contribution in [0, 0.1) is 13.8 Å². The number of nitrogens with zero attached hydrogens (tertiary/aromatic N) is 2. The van der Waals surface area contributed by atoms with E-state index in [-0.39, 0.29) is 0 Å². The van der Waals surface area contributed by atoms with Crippen LogP contribution in [0.25, 0.3) is 27.6 Å². The molecule has 0 aliphatic carbocycles. The number of aromatic nitrogens is 2. The minimum Gasteiger partial charge on any atom is -0.294 e. The Balaban J connectivity index is 2.18. The number of para-hydroxylation sites is 1. The van der Waals surface area contributed by atoms with Crippen molar-refractivity contribution in [2.24, 2.45) is 0 Å². The molecule has 0 N–H and O–H groups in total. The zero-order valence-corrected chi connectivity index (χ0v) is 13.1. The third-order valence-corrected chi connectivity index (χ3v) is 4.42. The highest BCUT2D eigenvalue weighted by Gasteiger charge is 2.12. The molecule has 2 aromatic carbocycles. The SMILES string of the molecule is Bc1ccc2c3ccccc3n(-c3cc(C)c(C)cn3)c2c1. The molecule has 0 amide bonds. The lowest BCUT2D eigenvalue weighted by atomic mass is 9.95. The summed E-state index contributed by atoms with van der Waals surface area (Å²) < 4.78 is 2.27. The molecule has 0 saturated carbocycles. The smallest absolute Gasteiger partial charge is 0.139 e. The number of hydrogen-bond acceptors (Lipinski definition) is 1. The fourth-order valence-electron chi connectivity index (χ4n) is 3.06. The maximum absolute atomic E-state index is 4.67. The van der Waals surface area contributed by atoms with Gasteiger partial charge in [0, 0.05) is 17.0 Å². The van der Waals surface area contributed by atoms with Crippen molar-refractivity contribution < 1.29 is 0 Å². The lowest BCUT2D eigenvalue weighted by Gasteiger charge is -2.09. The molecule has 2 heterocycles. The molecule has 0 radical (unpaired) electrons. The summed E-state index contributed by atoms with van der Waals surface area (Å²) in [7, 11) is 2.13. The van der Waals surface area contributed by atoms with Gasteiger partial charge in [-0.15, -0.1) is 0 Å². The van der Waals surface area contributed by atoms with Crippen LogP contribution in [0.3, 0.4) is 0 Å². The van der Waals surface area contributed by atoms with Gasteiger partial charge in [0.1, 0.15) is 13.7 Å². The summed E-state index contributed by atoms with van der Waals surface area (Å²) in [4.78, 5) is 4.67. The van der Waals surface area contributed by atoms with E-state index in [1.165, 1.54) is 38.4 Å². The summed E-state index contributed by atoms with van der Waals surface area (Å²) in [6.45, 7) is 4.24. The normalized spacial score (nSPS) is 11.4. The van der Waals surface area contributed by atoms with E-state index in [0.29, 0.717) is 0 Å². The first kappa shape index (κ1) is 13.1. The van der Waals surface area contributed by atoms with Crippen molar-refractivity contribution in [2.75, 3.05) is 0 Å². The van der Waals surface area contributed by atoms with Gasteiger partial charge in [0.2, 0.25) is 0 Å². The Hall–Kier alpha value is -2.55. The van der Waals surface area contributed by atoms with Crippen LogP contribution in [0.5, 0.6) is 0 Å². The maximum atomic E-state index is 4.67. The predicted molar refractivity (Wildman–Crippen MR) is 96.2 cm³/mol. The van der Waals surface area contributed by atoms with Crippen LogP contribution >= 0.6 is 0 Å². The van der Waals surface area contributed by atoms with Crippen molar-refractivity contribution in [3.05, 3.63) is 65.9 Å². The number of fused-ring (bicyclic) bond motifs is 3. The fraction of sp³-hybridized carbons (Fsp3) is 0.105. The van der Waals surface area contributed by atoms with E-state index >= 15 is 0 Å². The molecular weight excluding hydrogens is 267 g/mol. The third kappa shape index (κ3) is 1.86. The van der Waals surface area contributed by atoms with Crippen molar-refractivity contribution in [3.63, 3.8) is 0 Å². The van der Waals surface area contributed by atoms with Crippen molar-refractivity contribution >= 4 is 35.1 Å². The highest BCUT2D eigenvalue weighted by Crippen LogP contribution is 2.30. The molecule has 4 aromatic rings. The molecule has 0 unspecified atom stereocenters. The highest BCUT2D eigenvalue weighted by molar-refractivity contribution is 6.33. The Morgan fingerprint density at radius 1 is 0.864 bits per heavy atom. The standard InChI is InChI=1S/C19H17BN2/c1-12-9-19(21-11-13(12)2)22-17-6-4-3-5-15(17)16-8-7-14(20)10-18(16)22/h3-11H,20H2,1-2H3. The lowest BCUT2D eigenvalue weighted by Crippen LogP contribution is -2.03. The Morgan fingerprint density at radius 2 is 1.64 bits per heavy atom. The zero-order valence-electron chi connectivity index (χ0n) is 13.1. The summed E-state index contributed by atoms with van der Waals surface area (Å²) in [6.07, 6.45) is 1.96. The van der Waals surface area contributed by atoms with Gasteiger partial charge in [-0.3, -0.25) is 4.57 Å². The quantitative estimate of drug-likeness (QED) is 0.491. The van der Waals surface area contributed by atoms with Crippen LogP contribution < -0.4 is 5.46 Å². The minimum atomic E-state index is 0.986. The van der Waals surface area contributed by atoms with E-state index in [9.17, 15) is 0 Å². The average molecular weight is 284 g/mol. The highest BCUT2D eigenvalue weighted by atomic mass is 15.1. The maximum Gasteiger partial charge on any atom is 0.139 e. The number of benzene rings is 2. The Labute approximate surface area is 130 Å². The molecule has 0 saturated heterocycles. The third-order valence-electron chi connectivity index (χ3n) is 4.42. The van der Waals surface area contributed by atoms with Crippen LogP contribution in [-0.2, 0) is 0 Å². The van der Waals surface area contributed by atoms with Crippen molar-refractivity contribution in [1.29, 1.82) is 0 Å². The van der Waals surface area contributed by atoms with Crippen LogP contribution in [0.2, 0.25) is 0 Å². The van der Waals surface area contributed by atoms with E-state index in [1.54, 1.807) is 0 Å². The molecule has 0 aliphatic rings. The molecule has 4 rings (SSSR count). The molecule has 0 fully saturated rings. The first-order valence-corrected chi connectivity index (χ1v) is 7.58. The molecule has 106 valence electrons. The molecule has 0 atom stereocenters. The fourth-order valence-corrected chi connectivity index (χ4v) is 3.06. The molecular formula is C19H17BN2. The van der Waals surface area contributed by atoms with Crippen molar-refractivity contribution in [1.82, 2.24) is 9.55 Å². The zero-order chi connectivity index (χ0) is 15.3. The van der Waals surface area contributed by atoms with E-state index in [1.807, 2.05) is 6.20 Å². The Bertz CT molecular complexity index is 1010. The molecule has 22 heavy (non-hydrogen) atoms. The largest absolute Gasteiger partial charge is 0.294 e. The summed E-state index contributed by atoms with van der Waals surface area (Å²) in [6, 6.07) is 17.3. The van der Waals surface area contributed by atoms with Gasteiger partial charge in [0.25, 0.3) is 0 Å². The molecule has 0 aliphatic heterocycles. The van der Waals surface area contributed by atoms with Gasteiger partial charge >= 0.3 is 0 Å². The molecule has 2 aromatic heterocycles. The lowest BCUT2D eigenvalue weighted by molar-refractivity contribution is 1.06. The number of pyridine rings is 1. The summed E-state index contributed by atoms with van der Waals surface area (Å²) >= 11 is 0. The van der Waals surface area contributed by atoms with Gasteiger partial charge < -0.3 is 0 Å². The Kier molecular flexibility index (Phi) is 2.83. The summed E-state index contributed by atoms with van der Waals surface area (Å²) in [5.74, 6) is 0.986. The number of hydrogen-bond donors (Lipinski definition) is 0. The van der Waals surface area contributed by atoms with Crippen LogP contribution in [-0.4, -0.2) is 17.4 Å². The Morgan fingerprint density at radius 3 is 2.45 bits per heavy atom. The molecule has 3 heteroatoms. The van der Waals surface area contributed by atoms with Gasteiger partial charge in [0.05, 0.1) is 11.0 Å². The van der Waals surface area contributed by atoms with Gasteiger partial charge in [-0.05, 0) is 43.2 Å². The van der Waals surface area contributed by atoms with Gasteiger partial charge in [-0.25, -0.2) is 4.98 Å². The van der Waals surface area contributed by atoms with Gasteiger partial charge in [0.15, 0.2) is 0 Å². The molecule has 2 nitrogen and oxygen atoms in total. The molecule has 0 spiro atoms. The van der Waals surface area contributed by atoms with Crippen molar-refractivity contribution in [3.8, 4) is 5.82 Å². The minimum absolute atomic E-state index is 0.986. The van der Waals surface area contributed by atoms with Crippen LogP contribution in [0.4, 0.5) is 0 Å². The van der Waals surface area contributed by atoms with E-state index < -0.39 is 0 Å². The first-order chi connectivity index (χ1) is 10.6. The first-order valence-electron chi connectivity index (χ1n) is 7.58. The monoisotopic (exact) mass is 284 g/mol. The van der Waals surface area contributed by atoms with Crippen molar-refractivity contribution in [2.45, 2.75) is 13.8 Å². The van der Waals surface area contributed by atoms with Crippen LogP contribution in [0.15, 0.2) is 54.7 Å². The second-order valence-corrected chi connectivity index (χ2v) is 6.00. The van der Waals surface area contributed by atoms with E-state index in [4.69, 9.17) is 0 Å². The van der Waals surface area contributed by atoms with E-state index in [0.717, 1.165) is 5.82 Å². The molecule has 0 bridgehead atoms. The average Bonchev–Trinajstić information content (AvgIpc) is 2.83. The number of aryl methyl sites for hydroxylation is 2. The van der Waals surface area contributed by atoms with Gasteiger partial charge in [-0.1, -0.05) is 35.8 Å². The summed E-state index contributed by atoms with van der Waals surface area (Å²) in [5.41, 5.74) is 6.18. The second kappa shape index (κ2) is 4.74. The van der Waals surface area contributed by atoms with E-state index in [2.05, 4.69) is 79.8 Å². The number of rotatable bonds is 1. The summed E-state index contributed by atoms with van der Waals surface area (Å²) in [5, 5.41) is 2.55. The van der Waals surface area contributed by atoms with Gasteiger partial charge in [-0.2, -0.15) is 0 Å². The van der Waals surface area contributed by atoms with Crippen LogP contribution in [0.1, 0.15) is 11.1 Å². The second-order valence-electron chi connectivity index (χ2n) is 6.00. The predicted octanol–water partition coefficient (Wildman–Crippen LogP) is 3.05. The topological polar surface area (TPSA) is 17.8 Å².